The van der Waals surface area contributed by atoms with Gasteiger partial charge in [-0.05, 0) is 53.0 Å². The number of aryl methyl sites for hydroxylation is 2. The number of nitrogen functional groups attached to an aromatic ring is 2. The van der Waals surface area contributed by atoms with E-state index < -0.39 is 11.8 Å². The Morgan fingerprint density at radius 1 is 0.838 bits per heavy atom. The predicted molar refractivity (Wildman–Crippen MR) is 144 cm³/mol. The lowest BCUT2D eigenvalue weighted by Gasteiger charge is -2.13. The number of carbonyl (C=O) groups is 2. The molecule has 0 radical (unpaired) electrons. The Bertz CT molecular complexity index is 1480. The molecular formula is C24H29BrN8O4. The molecule has 0 saturated heterocycles. The third-order valence-corrected chi connectivity index (χ3v) is 6.60. The van der Waals surface area contributed by atoms with E-state index in [4.69, 9.17) is 32.4 Å². The number of nitrogens with two attached hydrogens (primary N) is 4. The Kier molecular flexibility index (Phi) is 7.83. The molecule has 196 valence electrons. The third-order valence-electron chi connectivity index (χ3n) is 5.99. The molecule has 0 saturated carbocycles. The third kappa shape index (κ3) is 5.47. The number of aromatic nitrogens is 4. The number of fused-ring (bicyclic) bond motifs is 2. The highest BCUT2D eigenvalue weighted by molar-refractivity contribution is 9.10. The van der Waals surface area contributed by atoms with Crippen molar-refractivity contribution in [1.29, 1.82) is 0 Å². The van der Waals surface area contributed by atoms with Gasteiger partial charge in [0.25, 0.3) is 0 Å². The predicted octanol–water partition coefficient (Wildman–Crippen LogP) is 2.41. The standard InChI is InChI=1S/C24H29BrN8O4/c1-36-7-4-8-37-18-12-14(22(27)35)11-17-20(18)33(24(29)31-17)6-3-2-5-32-19-15(25)9-13(21(26)34)10-16(19)30-23(32)28/h9-12H,2-8H2,1H3,(H2,26,34)(H2,27,35)(H2,28,30)(H2,29,31). The molecule has 4 rings (SSSR count). The van der Waals surface area contributed by atoms with E-state index in [2.05, 4.69) is 25.9 Å². The Balaban J connectivity index is 1.53. The average Bonchev–Trinajstić information content (AvgIpc) is 3.34. The van der Waals surface area contributed by atoms with Gasteiger partial charge >= 0.3 is 0 Å². The van der Waals surface area contributed by atoms with Crippen LogP contribution in [0.4, 0.5) is 11.9 Å². The highest BCUT2D eigenvalue weighted by atomic mass is 79.9. The van der Waals surface area contributed by atoms with Crippen LogP contribution in [0.5, 0.6) is 5.75 Å². The first kappa shape index (κ1) is 26.2. The van der Waals surface area contributed by atoms with E-state index in [1.54, 1.807) is 31.4 Å². The molecule has 0 aliphatic heterocycles. The first-order chi connectivity index (χ1) is 17.7. The molecule has 0 aliphatic rings. The minimum atomic E-state index is -0.573. The zero-order valence-corrected chi connectivity index (χ0v) is 22.0. The number of primary amides is 2. The van der Waals surface area contributed by atoms with Gasteiger partial charge < -0.3 is 41.5 Å². The van der Waals surface area contributed by atoms with Gasteiger partial charge in [-0.3, -0.25) is 9.59 Å². The molecule has 0 spiro atoms. The topological polar surface area (TPSA) is 192 Å². The number of hydrogen-bond donors (Lipinski definition) is 4. The molecule has 0 aliphatic carbocycles. The van der Waals surface area contributed by atoms with Gasteiger partial charge in [-0.15, -0.1) is 0 Å². The largest absolute Gasteiger partial charge is 0.491 e. The van der Waals surface area contributed by atoms with Gasteiger partial charge in [-0.1, -0.05) is 0 Å². The number of nitrogens with zero attached hydrogens (tertiary/aromatic N) is 4. The van der Waals surface area contributed by atoms with Crippen molar-refractivity contribution in [2.24, 2.45) is 11.5 Å². The number of carbonyl (C=O) groups excluding carboxylic acids is 2. The fraction of sp³-hybridized carbons (Fsp3) is 0.333. The molecule has 8 N–H and O–H groups in total. The molecule has 2 heterocycles. The first-order valence-corrected chi connectivity index (χ1v) is 12.5. The van der Waals surface area contributed by atoms with Gasteiger partial charge in [-0.25, -0.2) is 9.97 Å². The molecule has 4 aromatic rings. The van der Waals surface area contributed by atoms with Crippen molar-refractivity contribution in [1.82, 2.24) is 19.1 Å². The van der Waals surface area contributed by atoms with Crippen LogP contribution in [0.25, 0.3) is 22.1 Å². The second kappa shape index (κ2) is 11.0. The number of ether oxygens (including phenoxy) is 2. The van der Waals surface area contributed by atoms with Gasteiger partial charge in [0.05, 0.1) is 23.2 Å². The van der Waals surface area contributed by atoms with Crippen molar-refractivity contribution in [3.8, 4) is 5.75 Å². The summed E-state index contributed by atoms with van der Waals surface area (Å²) in [6, 6.07) is 6.52. The van der Waals surface area contributed by atoms with E-state index in [9.17, 15) is 9.59 Å². The number of benzene rings is 2. The summed E-state index contributed by atoms with van der Waals surface area (Å²) in [5, 5.41) is 0. The SMILES string of the molecule is COCCCOc1cc(C(N)=O)cc2nc(N)n(CCCCn3c(N)nc4cc(C(N)=O)cc(Br)c43)c12. The minimum absolute atomic E-state index is 0.298. The quantitative estimate of drug-likeness (QED) is 0.186. The number of imidazole rings is 2. The second-order valence-electron chi connectivity index (χ2n) is 8.54. The number of anilines is 2. The molecule has 2 amide bonds. The first-order valence-electron chi connectivity index (χ1n) is 11.7. The normalized spacial score (nSPS) is 11.4. The zero-order valence-electron chi connectivity index (χ0n) is 20.4. The average molecular weight is 573 g/mol. The molecule has 0 bridgehead atoms. The maximum absolute atomic E-state index is 11.8. The summed E-state index contributed by atoms with van der Waals surface area (Å²) in [7, 11) is 1.62. The molecule has 0 atom stereocenters. The summed E-state index contributed by atoms with van der Waals surface area (Å²) >= 11 is 3.50. The van der Waals surface area contributed by atoms with Crippen LogP contribution in [0.15, 0.2) is 28.7 Å². The lowest BCUT2D eigenvalue weighted by Crippen LogP contribution is -2.12. The number of hydrogen-bond acceptors (Lipinski definition) is 8. The molecule has 0 fully saturated rings. The van der Waals surface area contributed by atoms with Crippen LogP contribution in [0.1, 0.15) is 40.0 Å². The van der Waals surface area contributed by atoms with Gasteiger partial charge in [0, 0.05) is 48.8 Å². The number of unbranched alkanes of at least 4 members (excludes halogenated alkanes) is 1. The Labute approximate surface area is 221 Å². The van der Waals surface area contributed by atoms with Crippen LogP contribution in [-0.2, 0) is 17.8 Å². The van der Waals surface area contributed by atoms with Crippen LogP contribution in [-0.4, -0.2) is 51.2 Å². The number of methoxy groups -OCH3 is 1. The fourth-order valence-corrected chi connectivity index (χ4v) is 4.92. The van der Waals surface area contributed by atoms with E-state index in [1.807, 2.05) is 9.13 Å². The zero-order chi connectivity index (χ0) is 26.7. The molecule has 37 heavy (non-hydrogen) atoms. The molecule has 12 nitrogen and oxygen atoms in total. The Hall–Kier alpha value is -3.84. The smallest absolute Gasteiger partial charge is 0.248 e. The molecule has 13 heteroatoms. The second-order valence-corrected chi connectivity index (χ2v) is 9.40. The van der Waals surface area contributed by atoms with Crippen molar-refractivity contribution < 1.29 is 19.1 Å². The number of halogens is 1. The van der Waals surface area contributed by atoms with E-state index in [1.165, 1.54) is 0 Å². The molecular weight excluding hydrogens is 544 g/mol. The van der Waals surface area contributed by atoms with E-state index in [0.29, 0.717) is 82.5 Å². The molecule has 0 unspecified atom stereocenters. The van der Waals surface area contributed by atoms with E-state index in [-0.39, 0.29) is 0 Å². The van der Waals surface area contributed by atoms with Gasteiger partial charge in [0.15, 0.2) is 0 Å². The van der Waals surface area contributed by atoms with Crippen LogP contribution in [0.2, 0.25) is 0 Å². The molecule has 2 aromatic heterocycles. The maximum Gasteiger partial charge on any atom is 0.248 e. The Morgan fingerprint density at radius 3 is 1.95 bits per heavy atom. The van der Waals surface area contributed by atoms with Gasteiger partial charge in [0.1, 0.15) is 11.3 Å². The lowest BCUT2D eigenvalue weighted by molar-refractivity contribution is 0.0991. The van der Waals surface area contributed by atoms with Crippen LogP contribution in [0.3, 0.4) is 0 Å². The van der Waals surface area contributed by atoms with E-state index in [0.717, 1.165) is 18.4 Å². The summed E-state index contributed by atoms with van der Waals surface area (Å²) in [6.45, 7) is 2.10. The summed E-state index contributed by atoms with van der Waals surface area (Å²) in [5.74, 6) is 0.0378. The van der Waals surface area contributed by atoms with Crippen LogP contribution in [0, 0.1) is 0 Å². The number of amides is 2. The van der Waals surface area contributed by atoms with Crippen molar-refractivity contribution >= 4 is 61.7 Å². The monoisotopic (exact) mass is 572 g/mol. The van der Waals surface area contributed by atoms with Crippen molar-refractivity contribution in [2.45, 2.75) is 32.4 Å². The summed E-state index contributed by atoms with van der Waals surface area (Å²) < 4.78 is 15.5. The lowest BCUT2D eigenvalue weighted by atomic mass is 10.1. The highest BCUT2D eigenvalue weighted by Crippen LogP contribution is 2.31. The summed E-state index contributed by atoms with van der Waals surface area (Å²) in [6.07, 6.45) is 2.17. The van der Waals surface area contributed by atoms with Crippen LogP contribution < -0.4 is 27.7 Å². The highest BCUT2D eigenvalue weighted by Gasteiger charge is 2.18. The van der Waals surface area contributed by atoms with Crippen molar-refractivity contribution in [2.75, 3.05) is 31.8 Å². The van der Waals surface area contributed by atoms with E-state index >= 15 is 0 Å². The minimum Gasteiger partial charge on any atom is -0.491 e. The van der Waals surface area contributed by atoms with Crippen molar-refractivity contribution in [3.05, 3.63) is 39.9 Å². The van der Waals surface area contributed by atoms with Crippen molar-refractivity contribution in [3.63, 3.8) is 0 Å². The van der Waals surface area contributed by atoms with Gasteiger partial charge in [-0.2, -0.15) is 0 Å². The summed E-state index contributed by atoms with van der Waals surface area (Å²) in [5.41, 5.74) is 26.6. The maximum atomic E-state index is 11.8. The fourth-order valence-electron chi connectivity index (χ4n) is 4.26. The van der Waals surface area contributed by atoms with Crippen LogP contribution >= 0.6 is 15.9 Å². The summed E-state index contributed by atoms with van der Waals surface area (Å²) in [4.78, 5) is 32.2. The van der Waals surface area contributed by atoms with Gasteiger partial charge in [0.2, 0.25) is 23.7 Å². The Morgan fingerprint density at radius 2 is 1.38 bits per heavy atom. The molecule has 2 aromatic carbocycles. The number of rotatable bonds is 12.